The number of hydrogen-bond donors (Lipinski definition) is 1. The van der Waals surface area contributed by atoms with E-state index in [1.54, 1.807) is 6.92 Å². The molecule has 1 saturated carbocycles. The van der Waals surface area contributed by atoms with Crippen molar-refractivity contribution in [3.8, 4) is 0 Å². The zero-order valence-corrected chi connectivity index (χ0v) is 9.97. The molecule has 0 aliphatic heterocycles. The summed E-state index contributed by atoms with van der Waals surface area (Å²) in [4.78, 5) is 11.4. The van der Waals surface area contributed by atoms with Crippen molar-refractivity contribution in [1.29, 1.82) is 0 Å². The molecule has 1 amide bonds. The SMILES string of the molecule is C[C@H]1[C@@H](NC(=O)[C@@H](C)Cl)CCC[C@@H]1C. The summed E-state index contributed by atoms with van der Waals surface area (Å²) in [6.07, 6.45) is 3.60. The number of rotatable bonds is 2. The second-order valence-electron chi connectivity index (χ2n) is 4.50. The first-order chi connectivity index (χ1) is 6.52. The molecule has 0 unspecified atom stereocenters. The molecule has 0 saturated heterocycles. The Morgan fingerprint density at radius 1 is 1.43 bits per heavy atom. The second-order valence-corrected chi connectivity index (χ2v) is 5.15. The van der Waals surface area contributed by atoms with Gasteiger partial charge < -0.3 is 5.32 Å². The highest BCUT2D eigenvalue weighted by Crippen LogP contribution is 2.29. The number of carbonyl (C=O) groups excluding carboxylic acids is 1. The number of carbonyl (C=O) groups is 1. The molecule has 0 radical (unpaired) electrons. The molecule has 1 N–H and O–H groups in total. The smallest absolute Gasteiger partial charge is 0.237 e. The summed E-state index contributed by atoms with van der Waals surface area (Å²) in [6.45, 7) is 6.19. The molecule has 2 nitrogen and oxygen atoms in total. The standard InChI is InChI=1S/C11H20ClNO/c1-7-5-4-6-10(8(7)2)13-11(14)9(3)12/h7-10H,4-6H2,1-3H3,(H,13,14)/t7-,8+,9+,10-/m0/s1. The lowest BCUT2D eigenvalue weighted by Crippen LogP contribution is -2.45. The van der Waals surface area contributed by atoms with Crippen LogP contribution in [-0.4, -0.2) is 17.3 Å². The van der Waals surface area contributed by atoms with Crippen molar-refractivity contribution in [2.24, 2.45) is 11.8 Å². The predicted octanol–water partition coefficient (Wildman–Crippen LogP) is 2.55. The van der Waals surface area contributed by atoms with Crippen LogP contribution in [0.3, 0.4) is 0 Å². The van der Waals surface area contributed by atoms with Crippen LogP contribution < -0.4 is 5.32 Å². The van der Waals surface area contributed by atoms with Crippen molar-refractivity contribution in [2.75, 3.05) is 0 Å². The average Bonchev–Trinajstić information content (AvgIpc) is 2.12. The Labute approximate surface area is 91.4 Å². The number of nitrogens with one attached hydrogen (secondary N) is 1. The van der Waals surface area contributed by atoms with Crippen LogP contribution >= 0.6 is 11.6 Å². The fraction of sp³-hybridized carbons (Fsp3) is 0.909. The van der Waals surface area contributed by atoms with E-state index < -0.39 is 5.38 Å². The Morgan fingerprint density at radius 3 is 2.64 bits per heavy atom. The van der Waals surface area contributed by atoms with Crippen LogP contribution in [0, 0.1) is 11.8 Å². The van der Waals surface area contributed by atoms with Crippen LogP contribution in [0.4, 0.5) is 0 Å². The Bertz CT molecular complexity index is 205. The van der Waals surface area contributed by atoms with Crippen molar-refractivity contribution in [1.82, 2.24) is 5.32 Å². The Morgan fingerprint density at radius 2 is 2.07 bits per heavy atom. The largest absolute Gasteiger partial charge is 0.352 e. The first kappa shape index (κ1) is 11.8. The van der Waals surface area contributed by atoms with Crippen molar-refractivity contribution < 1.29 is 4.79 Å². The van der Waals surface area contributed by atoms with Gasteiger partial charge in [-0.2, -0.15) is 0 Å². The van der Waals surface area contributed by atoms with Gasteiger partial charge in [-0.3, -0.25) is 4.79 Å². The molecule has 1 aliphatic rings. The number of hydrogen-bond acceptors (Lipinski definition) is 1. The third kappa shape index (κ3) is 2.88. The van der Waals surface area contributed by atoms with Gasteiger partial charge in [0.15, 0.2) is 0 Å². The number of halogens is 1. The van der Waals surface area contributed by atoms with E-state index in [9.17, 15) is 4.79 Å². The van der Waals surface area contributed by atoms with Crippen molar-refractivity contribution in [2.45, 2.75) is 51.5 Å². The average molecular weight is 218 g/mol. The minimum absolute atomic E-state index is 0.0300. The Balaban J connectivity index is 2.47. The summed E-state index contributed by atoms with van der Waals surface area (Å²) in [5.41, 5.74) is 0. The number of alkyl halides is 1. The quantitative estimate of drug-likeness (QED) is 0.708. The molecule has 3 heteroatoms. The Kier molecular flexibility index (Phi) is 4.24. The highest BCUT2D eigenvalue weighted by molar-refractivity contribution is 6.30. The van der Waals surface area contributed by atoms with Crippen molar-refractivity contribution >= 4 is 17.5 Å². The Hall–Kier alpha value is -0.240. The maximum Gasteiger partial charge on any atom is 0.237 e. The van der Waals surface area contributed by atoms with Gasteiger partial charge in [-0.1, -0.05) is 26.7 Å². The lowest BCUT2D eigenvalue weighted by atomic mass is 9.78. The van der Waals surface area contributed by atoms with Gasteiger partial charge in [0.05, 0.1) is 0 Å². The summed E-state index contributed by atoms with van der Waals surface area (Å²) in [6, 6.07) is 0.326. The fourth-order valence-electron chi connectivity index (χ4n) is 2.08. The first-order valence-corrected chi connectivity index (χ1v) is 5.90. The van der Waals surface area contributed by atoms with Crippen LogP contribution in [0.2, 0.25) is 0 Å². The van der Waals surface area contributed by atoms with Gasteiger partial charge in [-0.25, -0.2) is 0 Å². The summed E-state index contributed by atoms with van der Waals surface area (Å²) in [5.74, 6) is 1.25. The lowest BCUT2D eigenvalue weighted by Gasteiger charge is -2.34. The van der Waals surface area contributed by atoms with E-state index in [1.165, 1.54) is 12.8 Å². The van der Waals surface area contributed by atoms with Crippen LogP contribution in [0.15, 0.2) is 0 Å². The van der Waals surface area contributed by atoms with Gasteiger partial charge in [-0.05, 0) is 25.2 Å². The van der Waals surface area contributed by atoms with Crippen LogP contribution in [-0.2, 0) is 4.79 Å². The minimum Gasteiger partial charge on any atom is -0.352 e. The van der Waals surface area contributed by atoms with Gasteiger partial charge in [0, 0.05) is 6.04 Å². The van der Waals surface area contributed by atoms with E-state index in [4.69, 9.17) is 11.6 Å². The summed E-state index contributed by atoms with van der Waals surface area (Å²) >= 11 is 5.72. The molecule has 1 fully saturated rings. The van der Waals surface area contributed by atoms with E-state index in [2.05, 4.69) is 19.2 Å². The monoisotopic (exact) mass is 217 g/mol. The van der Waals surface area contributed by atoms with Crippen molar-refractivity contribution in [3.63, 3.8) is 0 Å². The van der Waals surface area contributed by atoms with Gasteiger partial charge in [-0.15, -0.1) is 11.6 Å². The lowest BCUT2D eigenvalue weighted by molar-refractivity contribution is -0.121. The fourth-order valence-corrected chi connectivity index (χ4v) is 2.15. The second kappa shape index (κ2) is 5.01. The molecule has 4 atom stereocenters. The zero-order chi connectivity index (χ0) is 10.7. The molecule has 0 aromatic carbocycles. The highest BCUT2D eigenvalue weighted by Gasteiger charge is 2.28. The molecule has 82 valence electrons. The topological polar surface area (TPSA) is 29.1 Å². The molecule has 14 heavy (non-hydrogen) atoms. The molecule has 0 aromatic rings. The normalized spacial score (nSPS) is 35.0. The van der Waals surface area contributed by atoms with Gasteiger partial charge >= 0.3 is 0 Å². The van der Waals surface area contributed by atoms with E-state index in [0.29, 0.717) is 17.9 Å². The first-order valence-electron chi connectivity index (χ1n) is 5.46. The van der Waals surface area contributed by atoms with Crippen LogP contribution in [0.25, 0.3) is 0 Å². The molecule has 0 aromatic heterocycles. The molecule has 0 spiro atoms. The minimum atomic E-state index is -0.417. The summed E-state index contributed by atoms with van der Waals surface area (Å²) in [5, 5.41) is 2.61. The molecular formula is C11H20ClNO. The maximum atomic E-state index is 11.4. The van der Waals surface area contributed by atoms with Gasteiger partial charge in [0.1, 0.15) is 5.38 Å². The number of amides is 1. The molecule has 1 aliphatic carbocycles. The molecule has 0 heterocycles. The summed E-state index contributed by atoms with van der Waals surface area (Å²) < 4.78 is 0. The van der Waals surface area contributed by atoms with Crippen LogP contribution in [0.1, 0.15) is 40.0 Å². The summed E-state index contributed by atoms with van der Waals surface area (Å²) in [7, 11) is 0. The van der Waals surface area contributed by atoms with E-state index in [-0.39, 0.29) is 5.91 Å². The van der Waals surface area contributed by atoms with Gasteiger partial charge in [0.2, 0.25) is 5.91 Å². The molecular weight excluding hydrogens is 198 g/mol. The highest BCUT2D eigenvalue weighted by atomic mass is 35.5. The third-order valence-electron chi connectivity index (χ3n) is 3.40. The van der Waals surface area contributed by atoms with Crippen molar-refractivity contribution in [3.05, 3.63) is 0 Å². The molecule has 0 bridgehead atoms. The third-order valence-corrected chi connectivity index (χ3v) is 3.59. The maximum absolute atomic E-state index is 11.4. The molecule has 1 rings (SSSR count). The van der Waals surface area contributed by atoms with E-state index >= 15 is 0 Å². The zero-order valence-electron chi connectivity index (χ0n) is 9.22. The van der Waals surface area contributed by atoms with E-state index in [1.807, 2.05) is 0 Å². The van der Waals surface area contributed by atoms with Gasteiger partial charge in [0.25, 0.3) is 0 Å². The van der Waals surface area contributed by atoms with Crippen LogP contribution in [0.5, 0.6) is 0 Å². The predicted molar refractivity (Wildman–Crippen MR) is 59.4 cm³/mol. The van der Waals surface area contributed by atoms with E-state index in [0.717, 1.165) is 6.42 Å².